The van der Waals surface area contributed by atoms with E-state index in [1.807, 2.05) is 4.72 Å². The maximum Gasteiger partial charge on any atom is 0.318 e. The highest BCUT2D eigenvalue weighted by Gasteiger charge is 2.22. The van der Waals surface area contributed by atoms with Gasteiger partial charge in [0.2, 0.25) is 10.0 Å². The molecule has 0 aliphatic carbocycles. The molecule has 186 valence electrons. The van der Waals surface area contributed by atoms with Crippen molar-refractivity contribution in [3.05, 3.63) is 46.9 Å². The van der Waals surface area contributed by atoms with Crippen molar-refractivity contribution < 1.29 is 45.7 Å². The maximum atomic E-state index is 12.8. The van der Waals surface area contributed by atoms with Crippen molar-refractivity contribution in [2.24, 2.45) is 0 Å². The maximum absolute atomic E-state index is 12.8. The minimum Gasteiger partial charge on any atom is -0.496 e. The lowest BCUT2D eigenvalue weighted by Crippen LogP contribution is -2.29. The average Bonchev–Trinajstić information content (AvgIpc) is 2.80. The topological polar surface area (TPSA) is 155 Å². The number of hydrogen-bond donors (Lipinski definition) is 2. The number of rotatable bonds is 12. The summed E-state index contributed by atoms with van der Waals surface area (Å²) in [6, 6.07) is 6.94. The predicted molar refractivity (Wildman–Crippen MR) is 124 cm³/mol. The van der Waals surface area contributed by atoms with E-state index in [2.05, 4.69) is 0 Å². The van der Waals surface area contributed by atoms with Crippen LogP contribution in [-0.2, 0) is 30.4 Å². The molecular formula is C21H25NO10S2. The van der Waals surface area contributed by atoms with Crippen LogP contribution in [0.1, 0.15) is 11.1 Å². The Bertz CT molecular complexity index is 1260. The molecule has 13 heteroatoms. The fourth-order valence-electron chi connectivity index (χ4n) is 2.90. The molecule has 0 bridgehead atoms. The number of carboxylic acids is 1. The molecule has 0 spiro atoms. The first-order chi connectivity index (χ1) is 16.0. The third-order valence-corrected chi connectivity index (χ3v) is 7.20. The van der Waals surface area contributed by atoms with Gasteiger partial charge in [0.05, 0.1) is 39.8 Å². The minimum absolute atomic E-state index is 0.0673. The van der Waals surface area contributed by atoms with Gasteiger partial charge in [0.25, 0.3) is 0 Å². The van der Waals surface area contributed by atoms with E-state index in [9.17, 15) is 21.6 Å². The van der Waals surface area contributed by atoms with Gasteiger partial charge in [-0.1, -0.05) is 6.07 Å². The van der Waals surface area contributed by atoms with Crippen LogP contribution in [0.25, 0.3) is 6.08 Å². The van der Waals surface area contributed by atoms with Crippen LogP contribution < -0.4 is 23.7 Å². The molecule has 2 rings (SSSR count). The monoisotopic (exact) mass is 515 g/mol. The van der Waals surface area contributed by atoms with Gasteiger partial charge in [0.1, 0.15) is 34.4 Å². The molecule has 2 N–H and O–H groups in total. The molecule has 0 radical (unpaired) electrons. The first-order valence-electron chi connectivity index (χ1n) is 9.55. The van der Waals surface area contributed by atoms with Gasteiger partial charge < -0.3 is 24.1 Å². The summed E-state index contributed by atoms with van der Waals surface area (Å²) >= 11 is 0. The molecule has 34 heavy (non-hydrogen) atoms. The Hall–Kier alpha value is -3.29. The Morgan fingerprint density at radius 2 is 1.50 bits per heavy atom. The summed E-state index contributed by atoms with van der Waals surface area (Å²) in [5.41, 5.74) is 0.514. The Morgan fingerprint density at radius 3 is 2.00 bits per heavy atom. The molecule has 0 aromatic heterocycles. The summed E-state index contributed by atoms with van der Waals surface area (Å²) in [5, 5.41) is 9.70. The smallest absolute Gasteiger partial charge is 0.318 e. The number of carboxylic acid groups (broad SMARTS) is 1. The largest absolute Gasteiger partial charge is 0.496 e. The number of methoxy groups -OCH3 is 4. The molecule has 0 saturated carbocycles. The van der Waals surface area contributed by atoms with E-state index in [1.54, 1.807) is 12.1 Å². The first-order valence-corrected chi connectivity index (χ1v) is 12.8. The van der Waals surface area contributed by atoms with Gasteiger partial charge in [0.15, 0.2) is 9.84 Å². The number of benzene rings is 2. The summed E-state index contributed by atoms with van der Waals surface area (Å²) in [6.45, 7) is -0.845. The Morgan fingerprint density at radius 1 is 0.912 bits per heavy atom. The van der Waals surface area contributed by atoms with Crippen molar-refractivity contribution in [2.45, 2.75) is 10.6 Å². The molecule has 0 saturated heterocycles. The predicted octanol–water partition coefficient (Wildman–Crippen LogP) is 1.67. The number of hydrogen-bond acceptors (Lipinski definition) is 9. The van der Waals surface area contributed by atoms with E-state index < -0.39 is 38.1 Å². The summed E-state index contributed by atoms with van der Waals surface area (Å²) < 4.78 is 73.2. The fourth-order valence-corrected chi connectivity index (χ4v) is 5.18. The quantitative estimate of drug-likeness (QED) is 0.426. The highest BCUT2D eigenvalue weighted by Crippen LogP contribution is 2.35. The highest BCUT2D eigenvalue weighted by molar-refractivity contribution is 7.93. The first kappa shape index (κ1) is 27.0. The van der Waals surface area contributed by atoms with Crippen LogP contribution in [0.15, 0.2) is 40.6 Å². The van der Waals surface area contributed by atoms with Gasteiger partial charge in [-0.2, -0.15) is 4.72 Å². The molecule has 11 nitrogen and oxygen atoms in total. The second-order valence-corrected chi connectivity index (χ2v) is 10.4. The number of sulfone groups is 1. The lowest BCUT2D eigenvalue weighted by molar-refractivity contribution is -0.135. The van der Waals surface area contributed by atoms with Crippen molar-refractivity contribution in [3.8, 4) is 23.0 Å². The van der Waals surface area contributed by atoms with Gasteiger partial charge in [-0.05, 0) is 23.8 Å². The number of ether oxygens (including phenoxy) is 4. The standard InChI is InChI=1S/C21H25NO10S2/c1-29-15-10-18(31-3)16(19(11-15)32-4)7-8-33(25,26)13-14-5-6-17(30-2)20(9-14)34(27,28)22-12-21(23)24/h5-11,22H,12-13H2,1-4H3,(H,23,24)/b8-7+. The number of sulfonamides is 1. The van der Waals surface area contributed by atoms with Gasteiger partial charge in [0, 0.05) is 17.5 Å². The van der Waals surface area contributed by atoms with Crippen LogP contribution in [0, 0.1) is 0 Å². The summed E-state index contributed by atoms with van der Waals surface area (Å²) in [6.07, 6.45) is 1.31. The average molecular weight is 516 g/mol. The Labute approximate surface area is 197 Å². The summed E-state index contributed by atoms with van der Waals surface area (Å²) in [5.74, 6) is -0.874. The molecule has 0 aliphatic rings. The van der Waals surface area contributed by atoms with Crippen LogP contribution >= 0.6 is 0 Å². The van der Waals surface area contributed by atoms with Crippen molar-refractivity contribution in [1.29, 1.82) is 0 Å². The zero-order valence-corrected chi connectivity index (χ0v) is 20.5. The van der Waals surface area contributed by atoms with E-state index in [4.69, 9.17) is 24.1 Å². The number of nitrogens with one attached hydrogen (secondary N) is 1. The van der Waals surface area contributed by atoms with Crippen LogP contribution in [-0.4, -0.2) is 62.9 Å². The number of aliphatic carboxylic acids is 1. The van der Waals surface area contributed by atoms with Crippen molar-refractivity contribution in [2.75, 3.05) is 35.0 Å². The van der Waals surface area contributed by atoms with Crippen molar-refractivity contribution >= 4 is 31.9 Å². The molecule has 2 aromatic carbocycles. The molecule has 0 amide bonds. The zero-order valence-electron chi connectivity index (χ0n) is 18.9. The van der Waals surface area contributed by atoms with E-state index in [0.29, 0.717) is 22.8 Å². The summed E-state index contributed by atoms with van der Waals surface area (Å²) in [4.78, 5) is 10.3. The Balaban J connectivity index is 2.39. The fraction of sp³-hybridized carbons (Fsp3) is 0.286. The van der Waals surface area contributed by atoms with Gasteiger partial charge in [-0.15, -0.1) is 0 Å². The highest BCUT2D eigenvalue weighted by atomic mass is 32.2. The third-order valence-electron chi connectivity index (χ3n) is 4.49. The van der Waals surface area contributed by atoms with Crippen LogP contribution in [0.4, 0.5) is 0 Å². The van der Waals surface area contributed by atoms with Crippen LogP contribution in [0.3, 0.4) is 0 Å². The van der Waals surface area contributed by atoms with Gasteiger partial charge in [-0.25, -0.2) is 16.8 Å². The third kappa shape index (κ3) is 6.85. The second kappa shape index (κ2) is 11.2. The van der Waals surface area contributed by atoms with Crippen LogP contribution in [0.2, 0.25) is 0 Å². The molecule has 0 unspecified atom stereocenters. The molecular weight excluding hydrogens is 490 g/mol. The minimum atomic E-state index is -4.27. The normalized spacial score (nSPS) is 11.9. The van der Waals surface area contributed by atoms with E-state index in [0.717, 1.165) is 11.5 Å². The van der Waals surface area contributed by atoms with Crippen molar-refractivity contribution in [3.63, 3.8) is 0 Å². The van der Waals surface area contributed by atoms with E-state index >= 15 is 0 Å². The Kier molecular flexibility index (Phi) is 8.90. The molecule has 2 aromatic rings. The lowest BCUT2D eigenvalue weighted by Gasteiger charge is -2.13. The summed E-state index contributed by atoms with van der Waals surface area (Å²) in [7, 11) is -2.62. The van der Waals surface area contributed by atoms with Crippen LogP contribution in [0.5, 0.6) is 23.0 Å². The van der Waals surface area contributed by atoms with Gasteiger partial charge in [-0.3, -0.25) is 4.79 Å². The lowest BCUT2D eigenvalue weighted by atomic mass is 10.1. The molecule has 0 atom stereocenters. The molecule has 0 aliphatic heterocycles. The van der Waals surface area contributed by atoms with Crippen molar-refractivity contribution in [1.82, 2.24) is 4.72 Å². The van der Waals surface area contributed by atoms with Gasteiger partial charge >= 0.3 is 5.97 Å². The molecule has 0 fully saturated rings. The molecule has 0 heterocycles. The number of carbonyl (C=O) groups is 1. The second-order valence-electron chi connectivity index (χ2n) is 6.76. The zero-order chi connectivity index (χ0) is 25.5. The van der Waals surface area contributed by atoms with E-state index in [-0.39, 0.29) is 16.2 Å². The SMILES string of the molecule is COc1cc(OC)c(/C=C/S(=O)(=O)Cc2ccc(OC)c(S(=O)(=O)NCC(=O)O)c2)c(OC)c1. The van der Waals surface area contributed by atoms with E-state index in [1.165, 1.54) is 46.6 Å².